The van der Waals surface area contributed by atoms with E-state index in [0.717, 1.165) is 38.9 Å². The normalized spacial score (nSPS) is 26.7. The standard InChI is InChI=1S/C26H36N4O5/c1-29-21-8-7-19(15-24(31)27-10-13-30-11-2-3-12-30)35-23(21)16-34-22-9-6-18(14-20(22)26(29)33)28-25(32)17-4-5-17/h6,9,14,17,19,21,23H,2-5,7-8,10-13,15-16H2,1H3,(H,27,31)(H,28,32)/t19-,21+,23+/m1/s1. The van der Waals surface area contributed by atoms with E-state index in [9.17, 15) is 14.4 Å². The second-order valence-corrected chi connectivity index (χ2v) is 10.2. The van der Waals surface area contributed by atoms with E-state index in [1.165, 1.54) is 12.8 Å². The van der Waals surface area contributed by atoms with Gasteiger partial charge in [0.05, 0.1) is 24.1 Å². The number of benzene rings is 1. The summed E-state index contributed by atoms with van der Waals surface area (Å²) >= 11 is 0. The summed E-state index contributed by atoms with van der Waals surface area (Å²) in [7, 11) is 1.79. The van der Waals surface area contributed by atoms with Crippen molar-refractivity contribution in [3.63, 3.8) is 0 Å². The number of hydrogen-bond acceptors (Lipinski definition) is 6. The van der Waals surface area contributed by atoms with Crippen LogP contribution in [-0.4, -0.2) is 85.6 Å². The molecule has 9 heteroatoms. The molecule has 0 unspecified atom stereocenters. The molecule has 1 saturated carbocycles. The minimum absolute atomic E-state index is 0.00406. The van der Waals surface area contributed by atoms with Gasteiger partial charge in [-0.2, -0.15) is 0 Å². The van der Waals surface area contributed by atoms with Gasteiger partial charge < -0.3 is 29.9 Å². The molecule has 0 aromatic heterocycles. The van der Waals surface area contributed by atoms with Gasteiger partial charge in [0.25, 0.3) is 5.91 Å². The van der Waals surface area contributed by atoms with Crippen molar-refractivity contribution in [2.45, 2.75) is 63.2 Å². The number of amides is 3. The van der Waals surface area contributed by atoms with E-state index in [2.05, 4.69) is 15.5 Å². The third kappa shape index (κ3) is 5.78. The molecular weight excluding hydrogens is 448 g/mol. The molecule has 4 aliphatic rings. The Morgan fingerprint density at radius 3 is 2.69 bits per heavy atom. The maximum Gasteiger partial charge on any atom is 0.257 e. The molecule has 3 heterocycles. The van der Waals surface area contributed by atoms with E-state index in [1.54, 1.807) is 30.1 Å². The highest BCUT2D eigenvalue weighted by molar-refractivity contribution is 6.00. The largest absolute Gasteiger partial charge is 0.490 e. The van der Waals surface area contributed by atoms with Gasteiger partial charge in [0, 0.05) is 31.7 Å². The zero-order chi connectivity index (χ0) is 24.4. The lowest BCUT2D eigenvalue weighted by molar-refractivity contribution is -0.134. The van der Waals surface area contributed by atoms with E-state index >= 15 is 0 Å². The lowest BCUT2D eigenvalue weighted by Gasteiger charge is -2.42. The zero-order valence-electron chi connectivity index (χ0n) is 20.5. The van der Waals surface area contributed by atoms with Crippen molar-refractivity contribution in [2.24, 2.45) is 5.92 Å². The molecular formula is C26H36N4O5. The first-order valence-corrected chi connectivity index (χ1v) is 13.0. The van der Waals surface area contributed by atoms with Crippen LogP contribution in [0.15, 0.2) is 18.2 Å². The SMILES string of the molecule is CN1C(=O)c2cc(NC(=O)C3CC3)ccc2OC[C@@H]2O[C@@H](CC(=O)NCCN3CCCC3)CC[C@@H]21. The quantitative estimate of drug-likeness (QED) is 0.614. The van der Waals surface area contributed by atoms with E-state index in [4.69, 9.17) is 9.47 Å². The lowest BCUT2D eigenvalue weighted by Crippen LogP contribution is -2.54. The molecule has 190 valence electrons. The van der Waals surface area contributed by atoms with Crippen LogP contribution in [0.3, 0.4) is 0 Å². The van der Waals surface area contributed by atoms with Crippen molar-refractivity contribution in [3.05, 3.63) is 23.8 Å². The predicted octanol–water partition coefficient (Wildman–Crippen LogP) is 2.02. The Labute approximate surface area is 206 Å². The summed E-state index contributed by atoms with van der Waals surface area (Å²) in [5.41, 5.74) is 1.05. The van der Waals surface area contributed by atoms with E-state index in [0.29, 0.717) is 43.0 Å². The van der Waals surface area contributed by atoms with Crippen LogP contribution in [0.4, 0.5) is 5.69 Å². The Morgan fingerprint density at radius 1 is 1.11 bits per heavy atom. The van der Waals surface area contributed by atoms with Crippen LogP contribution in [0.5, 0.6) is 5.75 Å². The number of hydrogen-bond donors (Lipinski definition) is 2. The van der Waals surface area contributed by atoms with Crippen molar-refractivity contribution < 1.29 is 23.9 Å². The molecule has 5 rings (SSSR count). The number of carbonyl (C=O) groups is 3. The molecule has 35 heavy (non-hydrogen) atoms. The minimum atomic E-state index is -0.303. The van der Waals surface area contributed by atoms with Gasteiger partial charge >= 0.3 is 0 Å². The van der Waals surface area contributed by atoms with Crippen molar-refractivity contribution in [3.8, 4) is 5.75 Å². The maximum absolute atomic E-state index is 13.3. The second kappa shape index (κ2) is 10.5. The molecule has 1 aliphatic carbocycles. The topological polar surface area (TPSA) is 100 Å². The van der Waals surface area contributed by atoms with Gasteiger partial charge in [0.2, 0.25) is 11.8 Å². The molecule has 9 nitrogen and oxygen atoms in total. The number of likely N-dealkylation sites (N-methyl/N-ethyl adjacent to an activating group) is 1. The van der Waals surface area contributed by atoms with Crippen LogP contribution in [0.25, 0.3) is 0 Å². The Hall–Kier alpha value is -2.65. The van der Waals surface area contributed by atoms with Gasteiger partial charge in [0.1, 0.15) is 18.5 Å². The molecule has 0 bridgehead atoms. The Morgan fingerprint density at radius 2 is 1.91 bits per heavy atom. The van der Waals surface area contributed by atoms with Crippen molar-refractivity contribution in [1.82, 2.24) is 15.1 Å². The van der Waals surface area contributed by atoms with Crippen molar-refractivity contribution in [1.29, 1.82) is 0 Å². The molecule has 2 saturated heterocycles. The summed E-state index contributed by atoms with van der Waals surface area (Å²) in [6.45, 7) is 4.11. The Bertz CT molecular complexity index is 959. The van der Waals surface area contributed by atoms with Crippen LogP contribution >= 0.6 is 0 Å². The maximum atomic E-state index is 13.3. The van der Waals surface area contributed by atoms with Gasteiger partial charge in [0.15, 0.2) is 0 Å². The second-order valence-electron chi connectivity index (χ2n) is 10.2. The number of anilines is 1. The van der Waals surface area contributed by atoms with Gasteiger partial charge in [-0.1, -0.05) is 0 Å². The predicted molar refractivity (Wildman–Crippen MR) is 130 cm³/mol. The molecule has 3 amide bonds. The van der Waals surface area contributed by atoms with E-state index < -0.39 is 0 Å². The number of carbonyl (C=O) groups excluding carboxylic acids is 3. The highest BCUT2D eigenvalue weighted by atomic mass is 16.5. The number of nitrogens with zero attached hydrogens (tertiary/aromatic N) is 2. The van der Waals surface area contributed by atoms with Crippen molar-refractivity contribution >= 4 is 23.4 Å². The van der Waals surface area contributed by atoms with Crippen LogP contribution in [0.1, 0.15) is 55.3 Å². The van der Waals surface area contributed by atoms with Crippen LogP contribution < -0.4 is 15.4 Å². The fraction of sp³-hybridized carbons (Fsp3) is 0.654. The first kappa shape index (κ1) is 24.1. The first-order valence-electron chi connectivity index (χ1n) is 13.0. The Kier molecular flexibility index (Phi) is 7.24. The third-order valence-corrected chi connectivity index (χ3v) is 7.59. The average molecular weight is 485 g/mol. The van der Waals surface area contributed by atoms with Gasteiger partial charge in [-0.3, -0.25) is 14.4 Å². The summed E-state index contributed by atoms with van der Waals surface area (Å²) < 4.78 is 12.3. The summed E-state index contributed by atoms with van der Waals surface area (Å²) in [6.07, 6.45) is 5.62. The number of fused-ring (bicyclic) bond motifs is 2. The van der Waals surface area contributed by atoms with Crippen molar-refractivity contribution in [2.75, 3.05) is 45.2 Å². The third-order valence-electron chi connectivity index (χ3n) is 7.59. The monoisotopic (exact) mass is 484 g/mol. The number of rotatable bonds is 7. The molecule has 1 aromatic rings. The molecule has 2 N–H and O–H groups in total. The number of ether oxygens (including phenoxy) is 2. The summed E-state index contributed by atoms with van der Waals surface area (Å²) in [6, 6.07) is 5.07. The van der Waals surface area contributed by atoms with Crippen LogP contribution in [-0.2, 0) is 14.3 Å². The van der Waals surface area contributed by atoms with Crippen LogP contribution in [0, 0.1) is 5.92 Å². The summed E-state index contributed by atoms with van der Waals surface area (Å²) in [5.74, 6) is 0.431. The number of likely N-dealkylation sites (tertiary alicyclic amines) is 1. The van der Waals surface area contributed by atoms with Crippen LogP contribution in [0.2, 0.25) is 0 Å². The van der Waals surface area contributed by atoms with Gasteiger partial charge in [-0.05, 0) is 69.8 Å². The Balaban J connectivity index is 1.17. The lowest BCUT2D eigenvalue weighted by atomic mass is 9.94. The average Bonchev–Trinajstić information content (AvgIpc) is 3.58. The number of nitrogens with one attached hydrogen (secondary N) is 2. The fourth-order valence-electron chi connectivity index (χ4n) is 5.33. The molecule has 1 aromatic carbocycles. The molecule has 3 aliphatic heterocycles. The first-order chi connectivity index (χ1) is 17.0. The molecule has 3 atom stereocenters. The smallest absolute Gasteiger partial charge is 0.257 e. The van der Waals surface area contributed by atoms with E-state index in [1.807, 2.05) is 0 Å². The highest BCUT2D eigenvalue weighted by Crippen LogP contribution is 2.34. The minimum Gasteiger partial charge on any atom is -0.490 e. The fourth-order valence-corrected chi connectivity index (χ4v) is 5.33. The van der Waals surface area contributed by atoms with Gasteiger partial charge in [-0.25, -0.2) is 0 Å². The highest BCUT2D eigenvalue weighted by Gasteiger charge is 2.39. The summed E-state index contributed by atoms with van der Waals surface area (Å²) in [5, 5.41) is 5.93. The molecule has 0 radical (unpaired) electrons. The zero-order valence-corrected chi connectivity index (χ0v) is 20.5. The summed E-state index contributed by atoms with van der Waals surface area (Å²) in [4.78, 5) is 42.0. The molecule has 3 fully saturated rings. The van der Waals surface area contributed by atoms with E-state index in [-0.39, 0.29) is 41.9 Å². The van der Waals surface area contributed by atoms with Gasteiger partial charge in [-0.15, -0.1) is 0 Å². The molecule has 0 spiro atoms.